The largest absolute Gasteiger partial charge is 0.466 e. The van der Waals surface area contributed by atoms with E-state index in [2.05, 4.69) is 30.3 Å². The Morgan fingerprint density at radius 2 is 2.00 bits per heavy atom. The molecule has 2 rings (SSSR count). The number of benzene rings is 1. The molecule has 0 unspecified atom stereocenters. The first kappa shape index (κ1) is 16.8. The van der Waals surface area contributed by atoms with Crippen LogP contribution < -0.4 is 0 Å². The van der Waals surface area contributed by atoms with Crippen molar-refractivity contribution in [2.45, 2.75) is 58.0 Å². The van der Waals surface area contributed by atoms with E-state index in [1.807, 2.05) is 0 Å². The van der Waals surface area contributed by atoms with Crippen LogP contribution in [0.4, 0.5) is 0 Å². The van der Waals surface area contributed by atoms with Crippen LogP contribution in [0.5, 0.6) is 0 Å². The quantitative estimate of drug-likeness (QED) is 0.811. The molecule has 1 aromatic carbocycles. The van der Waals surface area contributed by atoms with Gasteiger partial charge in [-0.1, -0.05) is 36.8 Å². The molecule has 3 nitrogen and oxygen atoms in total. The molecule has 0 saturated carbocycles. The Morgan fingerprint density at radius 1 is 1.23 bits per heavy atom. The Hall–Kier alpha value is -1.61. The van der Waals surface area contributed by atoms with Gasteiger partial charge in [-0.05, 0) is 55.7 Å². The molecule has 1 atom stereocenters. The van der Waals surface area contributed by atoms with Gasteiger partial charge in [0, 0.05) is 0 Å². The van der Waals surface area contributed by atoms with Gasteiger partial charge in [-0.2, -0.15) is 0 Å². The zero-order valence-corrected chi connectivity index (χ0v) is 13.4. The summed E-state index contributed by atoms with van der Waals surface area (Å²) in [5.41, 5.74) is 3.77. The van der Waals surface area contributed by atoms with Crippen molar-refractivity contribution in [3.05, 3.63) is 41.5 Å². The van der Waals surface area contributed by atoms with E-state index in [4.69, 9.17) is 4.74 Å². The van der Waals surface area contributed by atoms with Crippen LogP contribution in [0.1, 0.15) is 56.6 Å². The summed E-state index contributed by atoms with van der Waals surface area (Å²) in [6.07, 6.45) is 8.43. The molecule has 0 amide bonds. The highest BCUT2D eigenvalue weighted by Gasteiger charge is 2.12. The van der Waals surface area contributed by atoms with Crippen LogP contribution in [-0.2, 0) is 16.0 Å². The maximum atomic E-state index is 11.3. The molecular formula is C19H26O3. The van der Waals surface area contributed by atoms with Gasteiger partial charge in [0.25, 0.3) is 0 Å². The summed E-state index contributed by atoms with van der Waals surface area (Å²) in [4.78, 5) is 11.3. The van der Waals surface area contributed by atoms with E-state index in [0.29, 0.717) is 13.0 Å². The summed E-state index contributed by atoms with van der Waals surface area (Å²) < 4.78 is 4.85. The Labute approximate surface area is 133 Å². The lowest BCUT2D eigenvalue weighted by Gasteiger charge is -2.11. The first-order valence-corrected chi connectivity index (χ1v) is 8.31. The highest BCUT2D eigenvalue weighted by Crippen LogP contribution is 2.26. The van der Waals surface area contributed by atoms with Gasteiger partial charge in [-0.25, -0.2) is 0 Å². The molecule has 0 aliphatic heterocycles. The standard InChI is InChI=1S/C19H26O3/c1-2-22-19(21)14-18(20)13-15-9-11-17(12-10-15)16-7-5-3-4-6-8-16/h7,9-12,18,20H,2-6,8,13-14H2,1H3/t18-/m1/s1. The van der Waals surface area contributed by atoms with Gasteiger partial charge in [-0.15, -0.1) is 0 Å². The first-order chi connectivity index (χ1) is 10.7. The molecule has 1 aromatic rings. The van der Waals surface area contributed by atoms with Gasteiger partial charge in [-0.3, -0.25) is 4.79 Å². The third kappa shape index (κ3) is 5.30. The zero-order valence-electron chi connectivity index (χ0n) is 13.4. The normalized spacial score (nSPS) is 16.5. The number of hydrogen-bond donors (Lipinski definition) is 1. The molecular weight excluding hydrogens is 276 g/mol. The van der Waals surface area contributed by atoms with Gasteiger partial charge in [0.05, 0.1) is 19.1 Å². The van der Waals surface area contributed by atoms with E-state index in [0.717, 1.165) is 12.0 Å². The fourth-order valence-electron chi connectivity index (χ4n) is 2.89. The van der Waals surface area contributed by atoms with Gasteiger partial charge >= 0.3 is 5.97 Å². The van der Waals surface area contributed by atoms with Crippen LogP contribution in [0.15, 0.2) is 30.3 Å². The molecule has 0 saturated heterocycles. The van der Waals surface area contributed by atoms with Crippen molar-refractivity contribution in [1.82, 2.24) is 0 Å². The summed E-state index contributed by atoms with van der Waals surface area (Å²) in [5, 5.41) is 9.94. The third-order valence-corrected chi connectivity index (χ3v) is 4.04. The predicted octanol–water partition coefficient (Wildman–Crippen LogP) is 3.89. The molecule has 0 heterocycles. The molecule has 1 N–H and O–H groups in total. The lowest BCUT2D eigenvalue weighted by atomic mass is 9.98. The van der Waals surface area contributed by atoms with Gasteiger partial charge in [0.1, 0.15) is 0 Å². The van der Waals surface area contributed by atoms with Crippen LogP contribution in [0.3, 0.4) is 0 Å². The number of esters is 1. The number of ether oxygens (including phenoxy) is 1. The summed E-state index contributed by atoms with van der Waals surface area (Å²) in [6.45, 7) is 2.13. The number of allylic oxidation sites excluding steroid dienone is 2. The van der Waals surface area contributed by atoms with E-state index < -0.39 is 6.10 Å². The van der Waals surface area contributed by atoms with E-state index in [-0.39, 0.29) is 12.4 Å². The fourth-order valence-corrected chi connectivity index (χ4v) is 2.89. The Morgan fingerprint density at radius 3 is 2.73 bits per heavy atom. The number of hydrogen-bond acceptors (Lipinski definition) is 3. The van der Waals surface area contributed by atoms with Crippen LogP contribution in [0.25, 0.3) is 5.57 Å². The van der Waals surface area contributed by atoms with Crippen LogP contribution in [0.2, 0.25) is 0 Å². The second-order valence-electron chi connectivity index (χ2n) is 5.89. The molecule has 0 bridgehead atoms. The number of rotatable bonds is 6. The van der Waals surface area contributed by atoms with Crippen molar-refractivity contribution in [1.29, 1.82) is 0 Å². The van der Waals surface area contributed by atoms with E-state index in [9.17, 15) is 9.90 Å². The average molecular weight is 302 g/mol. The van der Waals surface area contributed by atoms with E-state index in [1.165, 1.54) is 36.8 Å². The fraction of sp³-hybridized carbons (Fsp3) is 0.526. The molecule has 0 spiro atoms. The van der Waals surface area contributed by atoms with Crippen molar-refractivity contribution in [3.8, 4) is 0 Å². The summed E-state index contributed by atoms with van der Waals surface area (Å²) in [7, 11) is 0. The summed E-state index contributed by atoms with van der Waals surface area (Å²) in [6, 6.07) is 8.36. The average Bonchev–Trinajstić information content (AvgIpc) is 2.77. The number of carbonyl (C=O) groups is 1. The Kier molecular flexibility index (Phi) is 6.66. The van der Waals surface area contributed by atoms with Gasteiger partial charge in [0.15, 0.2) is 0 Å². The minimum atomic E-state index is -0.679. The second kappa shape index (κ2) is 8.74. The van der Waals surface area contributed by atoms with Crippen LogP contribution in [-0.4, -0.2) is 23.8 Å². The minimum absolute atomic E-state index is 0.0563. The number of carbonyl (C=O) groups excluding carboxylic acids is 1. The highest BCUT2D eigenvalue weighted by molar-refractivity contribution is 5.70. The Balaban J connectivity index is 1.91. The Bertz CT molecular complexity index is 502. The van der Waals surface area contributed by atoms with E-state index in [1.54, 1.807) is 6.92 Å². The maximum absolute atomic E-state index is 11.3. The molecule has 120 valence electrons. The van der Waals surface area contributed by atoms with Gasteiger partial charge in [0.2, 0.25) is 0 Å². The van der Waals surface area contributed by atoms with Crippen molar-refractivity contribution in [2.75, 3.05) is 6.61 Å². The molecule has 0 aromatic heterocycles. The third-order valence-electron chi connectivity index (χ3n) is 4.04. The second-order valence-corrected chi connectivity index (χ2v) is 5.89. The topological polar surface area (TPSA) is 46.5 Å². The minimum Gasteiger partial charge on any atom is -0.466 e. The maximum Gasteiger partial charge on any atom is 0.308 e. The van der Waals surface area contributed by atoms with E-state index >= 15 is 0 Å². The predicted molar refractivity (Wildman–Crippen MR) is 88.5 cm³/mol. The molecule has 1 aliphatic rings. The number of aliphatic hydroxyl groups excluding tert-OH is 1. The van der Waals surface area contributed by atoms with Crippen molar-refractivity contribution in [3.63, 3.8) is 0 Å². The SMILES string of the molecule is CCOC(=O)C[C@H](O)Cc1ccc(C2=CCCCCC2)cc1. The molecule has 0 fully saturated rings. The van der Waals surface area contributed by atoms with Crippen LogP contribution >= 0.6 is 0 Å². The number of aliphatic hydroxyl groups is 1. The lowest BCUT2D eigenvalue weighted by Crippen LogP contribution is -2.18. The zero-order chi connectivity index (χ0) is 15.8. The van der Waals surface area contributed by atoms with Crippen molar-refractivity contribution >= 4 is 11.5 Å². The molecule has 0 radical (unpaired) electrons. The van der Waals surface area contributed by atoms with Gasteiger partial charge < -0.3 is 9.84 Å². The molecule has 22 heavy (non-hydrogen) atoms. The smallest absolute Gasteiger partial charge is 0.308 e. The monoisotopic (exact) mass is 302 g/mol. The summed E-state index contributed by atoms with van der Waals surface area (Å²) >= 11 is 0. The lowest BCUT2D eigenvalue weighted by molar-refractivity contribution is -0.145. The molecule has 1 aliphatic carbocycles. The first-order valence-electron chi connectivity index (χ1n) is 8.31. The summed E-state index contributed by atoms with van der Waals surface area (Å²) in [5.74, 6) is -0.338. The highest BCUT2D eigenvalue weighted by atomic mass is 16.5. The molecule has 3 heteroatoms. The van der Waals surface area contributed by atoms with Crippen molar-refractivity contribution < 1.29 is 14.6 Å². The van der Waals surface area contributed by atoms with Crippen molar-refractivity contribution in [2.24, 2.45) is 0 Å². The van der Waals surface area contributed by atoms with Crippen LogP contribution in [0, 0.1) is 0 Å².